The Bertz CT molecular complexity index is 441. The number of nitrogen functional groups attached to an aromatic ring is 1. The van der Waals surface area contributed by atoms with Crippen molar-refractivity contribution >= 4 is 17.3 Å². The summed E-state index contributed by atoms with van der Waals surface area (Å²) in [6.45, 7) is 7.49. The Morgan fingerprint density at radius 3 is 2.60 bits per heavy atom. The van der Waals surface area contributed by atoms with E-state index in [9.17, 15) is 10.1 Å². The number of likely N-dealkylation sites (N-methyl/N-ethyl adjacent to an activating group) is 1. The maximum absolute atomic E-state index is 11.0. The monoisotopic (exact) mass is 283 g/mol. The van der Waals surface area contributed by atoms with Crippen molar-refractivity contribution in [1.82, 2.24) is 14.9 Å². The predicted octanol–water partition coefficient (Wildman–Crippen LogP) is 0.814. The third kappa shape index (κ3) is 4.28. The van der Waals surface area contributed by atoms with Crippen LogP contribution in [0.2, 0.25) is 0 Å². The fourth-order valence-corrected chi connectivity index (χ4v) is 1.86. The van der Waals surface area contributed by atoms with Crippen LogP contribution in [0.15, 0.2) is 6.33 Å². The van der Waals surface area contributed by atoms with E-state index < -0.39 is 4.92 Å². The summed E-state index contributed by atoms with van der Waals surface area (Å²) in [5.74, 6) is 5.38. The van der Waals surface area contributed by atoms with Crippen LogP contribution < -0.4 is 16.6 Å². The number of hydrazine groups is 1. The van der Waals surface area contributed by atoms with Crippen molar-refractivity contribution in [3.8, 4) is 0 Å². The molecule has 0 saturated carbocycles. The van der Waals surface area contributed by atoms with Gasteiger partial charge in [0.1, 0.15) is 6.33 Å². The Morgan fingerprint density at radius 1 is 1.35 bits per heavy atom. The quantitative estimate of drug-likeness (QED) is 0.346. The van der Waals surface area contributed by atoms with E-state index in [0.717, 1.165) is 26.1 Å². The number of anilines is 2. The van der Waals surface area contributed by atoms with E-state index in [2.05, 4.69) is 39.5 Å². The summed E-state index contributed by atoms with van der Waals surface area (Å²) in [5, 5.41) is 14.0. The number of hydrogen-bond donors (Lipinski definition) is 3. The Balaban J connectivity index is 2.70. The molecule has 0 spiro atoms. The molecule has 0 bridgehead atoms. The molecule has 0 amide bonds. The lowest BCUT2D eigenvalue weighted by molar-refractivity contribution is -0.383. The Kier molecular flexibility index (Phi) is 6.60. The fourth-order valence-electron chi connectivity index (χ4n) is 1.86. The molecule has 0 atom stereocenters. The lowest BCUT2D eigenvalue weighted by Gasteiger charge is -2.19. The highest BCUT2D eigenvalue weighted by Crippen LogP contribution is 2.27. The number of rotatable bonds is 9. The Hall–Kier alpha value is -2.00. The van der Waals surface area contributed by atoms with Gasteiger partial charge in [0.05, 0.1) is 4.92 Å². The maximum atomic E-state index is 11.0. The number of hydrogen-bond acceptors (Lipinski definition) is 8. The lowest BCUT2D eigenvalue weighted by Crippen LogP contribution is -2.30. The first-order chi connectivity index (χ1) is 9.63. The van der Waals surface area contributed by atoms with Crippen molar-refractivity contribution in [1.29, 1.82) is 0 Å². The highest BCUT2D eigenvalue weighted by molar-refractivity contribution is 5.68. The van der Waals surface area contributed by atoms with Crippen LogP contribution >= 0.6 is 0 Å². The Morgan fingerprint density at radius 2 is 2.05 bits per heavy atom. The smallest absolute Gasteiger partial charge is 0.354 e. The van der Waals surface area contributed by atoms with Gasteiger partial charge in [-0.2, -0.15) is 0 Å². The second kappa shape index (κ2) is 8.23. The molecule has 112 valence electrons. The second-order valence-corrected chi connectivity index (χ2v) is 4.18. The lowest BCUT2D eigenvalue weighted by atomic mass is 10.4. The molecule has 0 aliphatic carbocycles. The van der Waals surface area contributed by atoms with E-state index in [1.807, 2.05) is 0 Å². The number of nitrogens with one attached hydrogen (secondary N) is 2. The van der Waals surface area contributed by atoms with Crippen LogP contribution in [0.5, 0.6) is 0 Å². The first-order valence-electron chi connectivity index (χ1n) is 6.56. The van der Waals surface area contributed by atoms with Crippen LogP contribution in [0.4, 0.5) is 17.3 Å². The van der Waals surface area contributed by atoms with E-state index >= 15 is 0 Å². The van der Waals surface area contributed by atoms with Crippen LogP contribution in [-0.2, 0) is 0 Å². The average Bonchev–Trinajstić information content (AvgIpc) is 2.45. The van der Waals surface area contributed by atoms with Crippen molar-refractivity contribution in [3.05, 3.63) is 16.4 Å². The van der Waals surface area contributed by atoms with E-state index in [1.165, 1.54) is 6.33 Å². The van der Waals surface area contributed by atoms with Crippen molar-refractivity contribution in [2.45, 2.75) is 20.3 Å². The maximum Gasteiger partial charge on any atom is 0.354 e. The van der Waals surface area contributed by atoms with Gasteiger partial charge in [-0.25, -0.2) is 15.8 Å². The van der Waals surface area contributed by atoms with Crippen LogP contribution in [0.25, 0.3) is 0 Å². The van der Waals surface area contributed by atoms with Gasteiger partial charge in [-0.05, 0) is 19.5 Å². The number of nitro groups is 1. The molecule has 20 heavy (non-hydrogen) atoms. The predicted molar refractivity (Wildman–Crippen MR) is 77.4 cm³/mol. The van der Waals surface area contributed by atoms with Gasteiger partial charge < -0.3 is 15.6 Å². The molecule has 0 fully saturated rings. The largest absolute Gasteiger partial charge is 0.363 e. The third-order valence-electron chi connectivity index (χ3n) is 2.85. The summed E-state index contributed by atoms with van der Waals surface area (Å²) in [5.41, 5.74) is 1.96. The number of nitrogens with two attached hydrogens (primary N) is 1. The standard InChI is InChI=1S/C11H21N7O2/c1-3-6-17(4-2)7-5-13-10-9(18(19)20)11(16-12)15-8-14-10/h8H,3-7,12H2,1-2H3,(H2,13,14,15,16). The zero-order valence-electron chi connectivity index (χ0n) is 11.8. The van der Waals surface area contributed by atoms with Gasteiger partial charge in [-0.15, -0.1) is 0 Å². The third-order valence-corrected chi connectivity index (χ3v) is 2.85. The van der Waals surface area contributed by atoms with Gasteiger partial charge in [0.2, 0.25) is 11.6 Å². The summed E-state index contributed by atoms with van der Waals surface area (Å²) in [6, 6.07) is 0. The second-order valence-electron chi connectivity index (χ2n) is 4.18. The molecule has 0 aliphatic rings. The number of nitrogens with zero attached hydrogens (tertiary/aromatic N) is 4. The number of aromatic nitrogens is 2. The van der Waals surface area contributed by atoms with Gasteiger partial charge in [-0.3, -0.25) is 10.1 Å². The van der Waals surface area contributed by atoms with Crippen molar-refractivity contribution in [2.24, 2.45) is 5.84 Å². The van der Waals surface area contributed by atoms with Gasteiger partial charge in [0, 0.05) is 13.1 Å². The molecule has 0 aliphatic heterocycles. The van der Waals surface area contributed by atoms with Crippen molar-refractivity contribution in [2.75, 3.05) is 36.9 Å². The van der Waals surface area contributed by atoms with E-state index in [4.69, 9.17) is 5.84 Å². The molecule has 9 heteroatoms. The van der Waals surface area contributed by atoms with Crippen molar-refractivity contribution < 1.29 is 4.92 Å². The summed E-state index contributed by atoms with van der Waals surface area (Å²) in [7, 11) is 0. The molecule has 1 aromatic rings. The van der Waals surface area contributed by atoms with Gasteiger partial charge in [-0.1, -0.05) is 13.8 Å². The minimum Gasteiger partial charge on any atom is -0.363 e. The van der Waals surface area contributed by atoms with Crippen LogP contribution in [0, 0.1) is 10.1 Å². The zero-order chi connectivity index (χ0) is 15.0. The molecule has 9 nitrogen and oxygen atoms in total. The molecule has 0 radical (unpaired) electrons. The normalized spacial score (nSPS) is 10.6. The molecule has 1 aromatic heterocycles. The molecule has 0 unspecified atom stereocenters. The zero-order valence-corrected chi connectivity index (χ0v) is 11.8. The summed E-state index contributed by atoms with van der Waals surface area (Å²) >= 11 is 0. The molecule has 1 heterocycles. The van der Waals surface area contributed by atoms with Gasteiger partial charge in [0.15, 0.2) is 0 Å². The van der Waals surface area contributed by atoms with Crippen molar-refractivity contribution in [3.63, 3.8) is 0 Å². The highest BCUT2D eigenvalue weighted by atomic mass is 16.6. The minimum atomic E-state index is -0.554. The first-order valence-corrected chi connectivity index (χ1v) is 6.56. The van der Waals surface area contributed by atoms with Crippen LogP contribution in [0.3, 0.4) is 0 Å². The van der Waals surface area contributed by atoms with E-state index in [-0.39, 0.29) is 17.3 Å². The molecular formula is C11H21N7O2. The summed E-state index contributed by atoms with van der Waals surface area (Å²) in [4.78, 5) is 20.4. The first kappa shape index (κ1) is 16.1. The molecule has 4 N–H and O–H groups in total. The minimum absolute atomic E-state index is 0.00611. The topological polar surface area (TPSA) is 122 Å². The molecule has 1 rings (SSSR count). The van der Waals surface area contributed by atoms with Gasteiger partial charge in [0.25, 0.3) is 0 Å². The Labute approximate surface area is 117 Å². The van der Waals surface area contributed by atoms with Crippen LogP contribution in [0.1, 0.15) is 20.3 Å². The molecule has 0 aromatic carbocycles. The van der Waals surface area contributed by atoms with Crippen LogP contribution in [-0.4, -0.2) is 46.0 Å². The average molecular weight is 283 g/mol. The van der Waals surface area contributed by atoms with E-state index in [1.54, 1.807) is 0 Å². The molecule has 0 saturated heterocycles. The fraction of sp³-hybridized carbons (Fsp3) is 0.636. The summed E-state index contributed by atoms with van der Waals surface area (Å²) in [6.07, 6.45) is 2.30. The van der Waals surface area contributed by atoms with Gasteiger partial charge >= 0.3 is 5.69 Å². The highest BCUT2D eigenvalue weighted by Gasteiger charge is 2.22. The molecular weight excluding hydrogens is 262 g/mol. The summed E-state index contributed by atoms with van der Waals surface area (Å²) < 4.78 is 0. The SMILES string of the molecule is CCCN(CC)CCNc1ncnc(NN)c1[N+](=O)[O-]. The van der Waals surface area contributed by atoms with E-state index in [0.29, 0.717) is 6.54 Å².